The van der Waals surface area contributed by atoms with E-state index in [0.717, 1.165) is 34.9 Å². The Hall–Kier alpha value is -7.62. The van der Waals surface area contributed by atoms with E-state index in [0.29, 0.717) is 47.1 Å². The van der Waals surface area contributed by atoms with Crippen LogP contribution in [0.5, 0.6) is 11.5 Å². The number of benzene rings is 2. The summed E-state index contributed by atoms with van der Waals surface area (Å²) in [6.07, 6.45) is 10.8. The number of nitrogens with zero attached hydrogens (tertiary/aromatic N) is 6. The average molecular weight is 868 g/mol. The first kappa shape index (κ1) is 44.4. The molecular formula is C48H53N9O7. The highest BCUT2D eigenvalue weighted by Crippen LogP contribution is 2.34. The highest BCUT2D eigenvalue weighted by molar-refractivity contribution is 6.07. The number of imidazole rings is 1. The Bertz CT molecular complexity index is 2840. The lowest BCUT2D eigenvalue weighted by Gasteiger charge is -2.24. The molecule has 0 radical (unpaired) electrons. The third kappa shape index (κ3) is 9.55. The van der Waals surface area contributed by atoms with E-state index in [1.807, 2.05) is 42.2 Å². The number of rotatable bonds is 15. The van der Waals surface area contributed by atoms with Crippen LogP contribution in [0, 0.1) is 6.92 Å². The molecule has 6 aromatic rings. The van der Waals surface area contributed by atoms with Crippen molar-refractivity contribution in [2.24, 2.45) is 21.1 Å². The summed E-state index contributed by atoms with van der Waals surface area (Å²) in [6.45, 7) is 10.9. The van der Waals surface area contributed by atoms with Crippen LogP contribution in [0.2, 0.25) is 0 Å². The molecule has 1 aliphatic rings. The number of aryl methyl sites for hydroxylation is 4. The van der Waals surface area contributed by atoms with Crippen molar-refractivity contribution in [3.8, 4) is 11.5 Å². The van der Waals surface area contributed by atoms with Crippen LogP contribution in [0.15, 0.2) is 103 Å². The van der Waals surface area contributed by atoms with E-state index in [-0.39, 0.29) is 54.1 Å². The zero-order chi connectivity index (χ0) is 45.8. The Balaban J connectivity index is 0.901. The number of amides is 4. The number of hydrogen-bond donors (Lipinski definition) is 3. The van der Waals surface area contributed by atoms with Crippen molar-refractivity contribution in [3.63, 3.8) is 0 Å². The van der Waals surface area contributed by atoms with E-state index in [2.05, 4.69) is 47.4 Å². The first-order chi connectivity index (χ1) is 30.6. The number of carbonyl (C=O) groups excluding carboxylic acids is 5. The molecule has 3 N–H and O–H groups in total. The van der Waals surface area contributed by atoms with Crippen LogP contribution in [-0.4, -0.2) is 84.0 Å². The number of para-hydroxylation sites is 1. The summed E-state index contributed by atoms with van der Waals surface area (Å²) in [6, 6.07) is 16.0. The first-order valence-corrected chi connectivity index (χ1v) is 21.0. The van der Waals surface area contributed by atoms with E-state index in [1.54, 1.807) is 71.6 Å². The van der Waals surface area contributed by atoms with E-state index < -0.39 is 11.8 Å². The molecule has 4 aromatic heterocycles. The van der Waals surface area contributed by atoms with Gasteiger partial charge in [-0.25, -0.2) is 4.98 Å². The van der Waals surface area contributed by atoms with Gasteiger partial charge in [0.15, 0.2) is 17.3 Å². The first-order valence-electron chi connectivity index (χ1n) is 21.0. The zero-order valence-electron chi connectivity index (χ0n) is 37.2. The highest BCUT2D eigenvalue weighted by Gasteiger charge is 2.32. The van der Waals surface area contributed by atoms with Crippen molar-refractivity contribution in [2.45, 2.75) is 52.5 Å². The van der Waals surface area contributed by atoms with E-state index in [9.17, 15) is 24.0 Å². The maximum absolute atomic E-state index is 13.7. The summed E-state index contributed by atoms with van der Waals surface area (Å²) < 4.78 is 17.9. The highest BCUT2D eigenvalue weighted by atomic mass is 16.5. The maximum Gasteiger partial charge on any atom is 0.291 e. The molecule has 1 fully saturated rings. The fourth-order valence-corrected chi connectivity index (χ4v) is 7.79. The van der Waals surface area contributed by atoms with Gasteiger partial charge in [0.1, 0.15) is 11.4 Å². The van der Waals surface area contributed by atoms with Crippen molar-refractivity contribution in [3.05, 3.63) is 132 Å². The Kier molecular flexibility index (Phi) is 13.0. The van der Waals surface area contributed by atoms with Gasteiger partial charge in [-0.15, -0.1) is 0 Å². The minimum absolute atomic E-state index is 0.0348. The van der Waals surface area contributed by atoms with Gasteiger partial charge in [-0.2, -0.15) is 0 Å². The second-order valence-electron chi connectivity index (χ2n) is 16.1. The molecule has 1 aliphatic heterocycles. The van der Waals surface area contributed by atoms with Crippen molar-refractivity contribution >= 4 is 57.6 Å². The summed E-state index contributed by atoms with van der Waals surface area (Å²) in [4.78, 5) is 72.9. The van der Waals surface area contributed by atoms with Gasteiger partial charge in [-0.3, -0.25) is 28.5 Å². The number of ether oxygens (including phenoxy) is 2. The fraction of sp³-hybridized carbons (Fsp3) is 0.292. The SMILES string of the molecule is C=C1CC(/C=C(/C)CC)N(C(=O)c2cc(OC)c(OCCCC(=O)Nc3cn(C)c(C(=O)Nc4cc(C(=O)Nc5cc(C(=O)n6ccc7ccccc76)n(C)c5)n(C)c4)n3)cc2C)C1. The van der Waals surface area contributed by atoms with Gasteiger partial charge in [0.25, 0.3) is 23.6 Å². The lowest BCUT2D eigenvalue weighted by molar-refractivity contribution is -0.116. The molecular weight excluding hydrogens is 815 g/mol. The Morgan fingerprint density at radius 1 is 0.859 bits per heavy atom. The molecule has 1 atom stereocenters. The van der Waals surface area contributed by atoms with Crippen molar-refractivity contribution in [1.82, 2.24) is 28.2 Å². The predicted octanol–water partition coefficient (Wildman–Crippen LogP) is 7.49. The van der Waals surface area contributed by atoms with Gasteiger partial charge in [0.2, 0.25) is 11.7 Å². The number of fused-ring (bicyclic) bond motifs is 1. The Morgan fingerprint density at radius 2 is 1.56 bits per heavy atom. The number of anilines is 3. The number of carbonyl (C=O) groups is 5. The predicted molar refractivity (Wildman–Crippen MR) is 245 cm³/mol. The Labute approximate surface area is 371 Å². The van der Waals surface area contributed by atoms with E-state index in [4.69, 9.17) is 9.47 Å². The summed E-state index contributed by atoms with van der Waals surface area (Å²) >= 11 is 0. The maximum atomic E-state index is 13.7. The molecule has 2 aromatic carbocycles. The number of nitrogens with one attached hydrogen (secondary N) is 3. The molecule has 0 spiro atoms. The monoisotopic (exact) mass is 867 g/mol. The fourth-order valence-electron chi connectivity index (χ4n) is 7.79. The standard InChI is InChI=1S/C48H53N9O7/c1-9-29(2)19-35-20-30(3)25-57(35)47(61)36-24-40(63-8)41(21-31(36)4)64-18-12-15-43(58)51-42-28-55(7)44(52-42)46(60)50-33-22-38(53(5)26-33)45(59)49-34-23-39(54(6)27-34)48(62)56-17-16-32-13-10-11-14-37(32)56/h10-11,13-14,16-17,19,21-24,26-28,35H,3,9,12,15,18,20,25H2,1-2,4-8H3,(H,49,59)(H,50,60)(H,51,58)/b29-19-. The summed E-state index contributed by atoms with van der Waals surface area (Å²) in [5.41, 5.74) is 5.71. The number of likely N-dealkylation sites (tertiary alicyclic amines) is 1. The van der Waals surface area contributed by atoms with Gasteiger partial charge in [-0.1, -0.05) is 48.9 Å². The quantitative estimate of drug-likeness (QED) is 0.0703. The molecule has 64 heavy (non-hydrogen) atoms. The molecule has 0 bridgehead atoms. The molecule has 332 valence electrons. The van der Waals surface area contributed by atoms with Gasteiger partial charge in [0.05, 0.1) is 36.6 Å². The van der Waals surface area contributed by atoms with Crippen molar-refractivity contribution in [2.75, 3.05) is 36.2 Å². The number of methoxy groups -OCH3 is 1. The topological polar surface area (TPSA) is 176 Å². The second kappa shape index (κ2) is 18.8. The molecule has 16 heteroatoms. The van der Waals surface area contributed by atoms with Gasteiger partial charge in [-0.05, 0) is 75.1 Å². The smallest absolute Gasteiger partial charge is 0.291 e. The minimum atomic E-state index is -0.552. The van der Waals surface area contributed by atoms with Crippen LogP contribution in [0.4, 0.5) is 17.2 Å². The molecule has 1 saturated heterocycles. The van der Waals surface area contributed by atoms with Crippen LogP contribution in [0.25, 0.3) is 10.9 Å². The minimum Gasteiger partial charge on any atom is -0.493 e. The van der Waals surface area contributed by atoms with Gasteiger partial charge in [0, 0.05) is 69.8 Å². The summed E-state index contributed by atoms with van der Waals surface area (Å²) in [5, 5.41) is 9.29. The van der Waals surface area contributed by atoms with Crippen molar-refractivity contribution < 1.29 is 33.4 Å². The normalized spacial score (nSPS) is 13.9. The lowest BCUT2D eigenvalue weighted by atomic mass is 10.0. The van der Waals surface area contributed by atoms with Crippen LogP contribution >= 0.6 is 0 Å². The molecule has 4 amide bonds. The van der Waals surface area contributed by atoms with Gasteiger partial charge < -0.3 is 44.0 Å². The lowest BCUT2D eigenvalue weighted by Crippen LogP contribution is -2.35. The van der Waals surface area contributed by atoms with Crippen molar-refractivity contribution in [1.29, 1.82) is 0 Å². The van der Waals surface area contributed by atoms with Crippen LogP contribution in [0.1, 0.15) is 87.0 Å². The molecule has 1 unspecified atom stereocenters. The van der Waals surface area contributed by atoms with Crippen LogP contribution in [-0.2, 0) is 25.9 Å². The third-order valence-electron chi connectivity index (χ3n) is 11.3. The number of hydrogen-bond acceptors (Lipinski definition) is 8. The summed E-state index contributed by atoms with van der Waals surface area (Å²) in [5.74, 6) is -0.540. The molecule has 0 aliphatic carbocycles. The molecule has 7 rings (SSSR count). The second-order valence-corrected chi connectivity index (χ2v) is 16.1. The molecule has 0 saturated carbocycles. The molecule has 16 nitrogen and oxygen atoms in total. The average Bonchev–Trinajstić information content (AvgIpc) is 4.10. The summed E-state index contributed by atoms with van der Waals surface area (Å²) in [7, 11) is 6.56. The Morgan fingerprint density at radius 3 is 2.30 bits per heavy atom. The zero-order valence-corrected chi connectivity index (χ0v) is 37.2. The van der Waals surface area contributed by atoms with Crippen LogP contribution < -0.4 is 25.4 Å². The largest absolute Gasteiger partial charge is 0.493 e. The third-order valence-corrected chi connectivity index (χ3v) is 11.3. The molecule has 5 heterocycles. The van der Waals surface area contributed by atoms with Crippen LogP contribution in [0.3, 0.4) is 0 Å². The van der Waals surface area contributed by atoms with E-state index in [1.165, 1.54) is 29.5 Å². The number of allylic oxidation sites excluding steroid dienone is 1. The van der Waals surface area contributed by atoms with Gasteiger partial charge >= 0.3 is 0 Å². The number of aromatic nitrogens is 5. The van der Waals surface area contributed by atoms with E-state index >= 15 is 0 Å².